The van der Waals surface area contributed by atoms with E-state index in [9.17, 15) is 14.7 Å². The second kappa shape index (κ2) is 15.0. The lowest BCUT2D eigenvalue weighted by Gasteiger charge is -2.60. The number of esters is 1. The summed E-state index contributed by atoms with van der Waals surface area (Å²) in [5.74, 6) is 2.87. The summed E-state index contributed by atoms with van der Waals surface area (Å²) in [5.41, 5.74) is 4.06. The normalized spacial score (nSPS) is 27.3. The number of benzene rings is 3. The number of amides is 1. The number of piperidine rings is 1. The number of rotatable bonds is 13. The van der Waals surface area contributed by atoms with Crippen molar-refractivity contribution in [1.82, 2.24) is 9.80 Å². The fourth-order valence-corrected chi connectivity index (χ4v) is 11.8. The Morgan fingerprint density at radius 1 is 0.926 bits per heavy atom. The van der Waals surface area contributed by atoms with Crippen molar-refractivity contribution in [2.24, 2.45) is 17.8 Å². The SMILES string of the molecule is CC(=O)Oc1cc(O)c2c3c1O[C@H]1[C@H](N(CC(c4ccccc4)c4ccccc4)C(=O)CCCCC4CCCCC4)CC[C@H]4[C@@H](C2)N(CC2CC2)CC[C@@]341. The molecule has 0 radical (unpaired) electrons. The lowest BCUT2D eigenvalue weighted by Crippen LogP contribution is -2.69. The van der Waals surface area contributed by atoms with Crippen molar-refractivity contribution in [1.29, 1.82) is 0 Å². The zero-order valence-corrected chi connectivity index (χ0v) is 32.1. The zero-order chi connectivity index (χ0) is 36.8. The zero-order valence-electron chi connectivity index (χ0n) is 32.1. The summed E-state index contributed by atoms with van der Waals surface area (Å²) in [6.45, 7) is 4.09. The number of carbonyl (C=O) groups excluding carboxylic acids is 2. The molecule has 3 saturated carbocycles. The van der Waals surface area contributed by atoms with E-state index in [4.69, 9.17) is 9.47 Å². The summed E-state index contributed by atoms with van der Waals surface area (Å²) < 4.78 is 13.0. The average Bonchev–Trinajstić information content (AvgIpc) is 3.95. The number of unbranched alkanes of at least 4 members (excludes halogenated alkanes) is 1. The van der Waals surface area contributed by atoms with Gasteiger partial charge in [0.2, 0.25) is 5.91 Å². The molecule has 2 bridgehead atoms. The number of ether oxygens (including phenoxy) is 2. The molecule has 0 unspecified atom stereocenters. The van der Waals surface area contributed by atoms with Gasteiger partial charge in [-0.15, -0.1) is 0 Å². The van der Waals surface area contributed by atoms with Gasteiger partial charge in [0.25, 0.3) is 0 Å². The Labute approximate surface area is 321 Å². The Bertz CT molecular complexity index is 1780. The molecule has 3 aromatic carbocycles. The second-order valence-electron chi connectivity index (χ2n) is 17.6. The Morgan fingerprint density at radius 3 is 2.33 bits per heavy atom. The van der Waals surface area contributed by atoms with Crippen molar-refractivity contribution in [3.8, 4) is 17.2 Å². The Balaban J connectivity index is 1.09. The van der Waals surface area contributed by atoms with Gasteiger partial charge in [-0.1, -0.05) is 106 Å². The highest BCUT2D eigenvalue weighted by atomic mass is 16.6. The van der Waals surface area contributed by atoms with Crippen LogP contribution in [0.2, 0.25) is 0 Å². The van der Waals surface area contributed by atoms with Gasteiger partial charge in [0, 0.05) is 61.0 Å². The third-order valence-corrected chi connectivity index (χ3v) is 14.4. The fraction of sp³-hybridized carbons (Fsp3) is 0.574. The molecule has 9 rings (SSSR count). The van der Waals surface area contributed by atoms with Crippen LogP contribution in [0, 0.1) is 17.8 Å². The molecule has 6 aliphatic rings. The van der Waals surface area contributed by atoms with Crippen LogP contribution < -0.4 is 9.47 Å². The van der Waals surface area contributed by atoms with Crippen molar-refractivity contribution in [2.75, 3.05) is 19.6 Å². The second-order valence-corrected chi connectivity index (χ2v) is 17.6. The molecule has 2 heterocycles. The number of phenols is 1. The Hall–Kier alpha value is -3.84. The van der Waals surface area contributed by atoms with Gasteiger partial charge in [-0.25, -0.2) is 0 Å². The highest BCUT2D eigenvalue weighted by Crippen LogP contribution is 2.66. The largest absolute Gasteiger partial charge is 0.508 e. The van der Waals surface area contributed by atoms with Gasteiger partial charge < -0.3 is 19.5 Å². The minimum absolute atomic E-state index is 0.00768. The number of likely N-dealkylation sites (tertiary alicyclic amines) is 1. The first-order chi connectivity index (χ1) is 26.4. The molecule has 0 aromatic heterocycles. The van der Waals surface area contributed by atoms with E-state index >= 15 is 0 Å². The molecule has 54 heavy (non-hydrogen) atoms. The van der Waals surface area contributed by atoms with Gasteiger partial charge in [0.1, 0.15) is 11.9 Å². The number of aromatic hydroxyl groups is 1. The first-order valence-electron chi connectivity index (χ1n) is 21.3. The van der Waals surface area contributed by atoms with E-state index in [1.165, 1.54) is 69.4 Å². The van der Waals surface area contributed by atoms with E-state index in [1.54, 1.807) is 6.07 Å². The minimum Gasteiger partial charge on any atom is -0.508 e. The summed E-state index contributed by atoms with van der Waals surface area (Å²) in [6, 6.07) is 23.1. The Morgan fingerprint density at radius 2 is 1.65 bits per heavy atom. The lowest BCUT2D eigenvalue weighted by molar-refractivity contribution is -0.143. The number of hydrogen-bond donors (Lipinski definition) is 1. The molecule has 7 nitrogen and oxygen atoms in total. The van der Waals surface area contributed by atoms with Crippen LogP contribution in [-0.4, -0.2) is 64.6 Å². The first-order valence-corrected chi connectivity index (χ1v) is 21.3. The monoisotopic (exact) mass is 730 g/mol. The minimum atomic E-state index is -0.429. The van der Waals surface area contributed by atoms with E-state index < -0.39 is 5.97 Å². The molecule has 1 amide bonds. The van der Waals surface area contributed by atoms with Crippen molar-refractivity contribution >= 4 is 11.9 Å². The molecule has 2 aliphatic heterocycles. The number of carbonyl (C=O) groups is 2. The van der Waals surface area contributed by atoms with E-state index in [2.05, 4.69) is 70.5 Å². The van der Waals surface area contributed by atoms with Crippen LogP contribution in [0.5, 0.6) is 17.2 Å². The van der Waals surface area contributed by atoms with Gasteiger partial charge in [-0.2, -0.15) is 0 Å². The van der Waals surface area contributed by atoms with Crippen LogP contribution in [0.25, 0.3) is 0 Å². The summed E-state index contributed by atoms with van der Waals surface area (Å²) in [5, 5.41) is 11.6. The van der Waals surface area contributed by atoms with Gasteiger partial charge in [-0.3, -0.25) is 14.5 Å². The van der Waals surface area contributed by atoms with Gasteiger partial charge in [-0.05, 0) is 80.4 Å². The van der Waals surface area contributed by atoms with Crippen molar-refractivity contribution in [3.63, 3.8) is 0 Å². The van der Waals surface area contributed by atoms with Crippen molar-refractivity contribution < 1.29 is 24.2 Å². The smallest absolute Gasteiger partial charge is 0.308 e. The highest BCUT2D eigenvalue weighted by molar-refractivity contribution is 5.77. The van der Waals surface area contributed by atoms with E-state index in [1.807, 2.05) is 0 Å². The molecule has 7 heteroatoms. The first kappa shape index (κ1) is 35.8. The van der Waals surface area contributed by atoms with Gasteiger partial charge >= 0.3 is 5.97 Å². The summed E-state index contributed by atoms with van der Waals surface area (Å²) in [6.07, 6.45) is 16.4. The summed E-state index contributed by atoms with van der Waals surface area (Å²) in [7, 11) is 0. The average molecular weight is 731 g/mol. The van der Waals surface area contributed by atoms with E-state index in [-0.39, 0.29) is 35.1 Å². The molecule has 5 atom stereocenters. The maximum Gasteiger partial charge on any atom is 0.308 e. The van der Waals surface area contributed by atoms with Crippen LogP contribution in [0.4, 0.5) is 0 Å². The molecule has 286 valence electrons. The molecule has 1 N–H and O–H groups in total. The third kappa shape index (κ3) is 6.62. The third-order valence-electron chi connectivity index (χ3n) is 14.4. The van der Waals surface area contributed by atoms with E-state index in [0.717, 1.165) is 74.6 Å². The predicted octanol–water partition coefficient (Wildman–Crippen LogP) is 8.94. The fourth-order valence-electron chi connectivity index (χ4n) is 11.8. The predicted molar refractivity (Wildman–Crippen MR) is 210 cm³/mol. The number of phenolic OH excluding ortho intramolecular Hbond substituents is 1. The van der Waals surface area contributed by atoms with Crippen molar-refractivity contribution in [2.45, 2.75) is 133 Å². The molecule has 1 spiro atoms. The molecular formula is C47H58N2O5. The summed E-state index contributed by atoms with van der Waals surface area (Å²) >= 11 is 0. The van der Waals surface area contributed by atoms with Gasteiger partial charge in [0.05, 0.1) is 6.04 Å². The Kier molecular flexibility index (Phi) is 9.96. The standard InChI is InChI=1S/C47H58N2O5/c1-31(50)53-42-28-41(51)36-27-40-38-23-24-39(46-47(38,44(36)45(42)54-46)25-26-48(40)29-33-21-22-33)49(43(52)20-12-11-15-32-13-5-2-6-14-32)30-37(34-16-7-3-8-17-34)35-18-9-4-10-19-35/h3-4,7-10,16-19,28,32-33,37-40,46,51H,2,5-6,11-15,20-27,29-30H2,1H3/t38-,39+,40+,46-,47-/m0/s1. The van der Waals surface area contributed by atoms with Crippen LogP contribution >= 0.6 is 0 Å². The molecule has 4 aliphatic carbocycles. The maximum atomic E-state index is 15.0. The topological polar surface area (TPSA) is 79.3 Å². The lowest BCUT2D eigenvalue weighted by atomic mass is 9.50. The maximum absolute atomic E-state index is 15.0. The number of hydrogen-bond acceptors (Lipinski definition) is 6. The van der Waals surface area contributed by atoms with Crippen LogP contribution in [-0.2, 0) is 21.4 Å². The van der Waals surface area contributed by atoms with Crippen LogP contribution in [0.3, 0.4) is 0 Å². The highest BCUT2D eigenvalue weighted by Gasteiger charge is 2.67. The van der Waals surface area contributed by atoms with Crippen molar-refractivity contribution in [3.05, 3.63) is 89.0 Å². The van der Waals surface area contributed by atoms with Crippen LogP contribution in [0.15, 0.2) is 66.7 Å². The molecular weight excluding hydrogens is 673 g/mol. The molecule has 4 fully saturated rings. The van der Waals surface area contributed by atoms with Crippen LogP contribution in [0.1, 0.15) is 125 Å². The quantitative estimate of drug-likeness (QED) is 0.108. The summed E-state index contributed by atoms with van der Waals surface area (Å²) in [4.78, 5) is 32.4. The van der Waals surface area contributed by atoms with Gasteiger partial charge in [0.15, 0.2) is 11.5 Å². The van der Waals surface area contributed by atoms with E-state index in [0.29, 0.717) is 36.4 Å². The molecule has 1 saturated heterocycles. The number of nitrogens with zero attached hydrogens (tertiary/aromatic N) is 2. The molecule has 3 aromatic rings.